The summed E-state index contributed by atoms with van der Waals surface area (Å²) in [7, 11) is 1.67. The fourth-order valence-electron chi connectivity index (χ4n) is 2.04. The second-order valence-corrected chi connectivity index (χ2v) is 6.53. The van der Waals surface area contributed by atoms with Gasteiger partial charge in [0.25, 0.3) is 0 Å². The van der Waals surface area contributed by atoms with Crippen LogP contribution in [-0.2, 0) is 12.0 Å². The van der Waals surface area contributed by atoms with Gasteiger partial charge in [-0.25, -0.2) is 0 Å². The Hall–Kier alpha value is -1.33. The van der Waals surface area contributed by atoms with Gasteiger partial charge in [-0.3, -0.25) is 5.10 Å². The number of benzene rings is 1. The highest BCUT2D eigenvalue weighted by Gasteiger charge is 2.20. The molecule has 0 aliphatic carbocycles. The predicted octanol–water partition coefficient (Wildman–Crippen LogP) is 3.60. The smallest absolute Gasteiger partial charge is 0.128 e. The van der Waals surface area contributed by atoms with Crippen LogP contribution in [0.5, 0.6) is 5.75 Å². The molecule has 0 atom stereocenters. The van der Waals surface area contributed by atoms with Gasteiger partial charge >= 0.3 is 0 Å². The number of halogens is 1. The van der Waals surface area contributed by atoms with E-state index < -0.39 is 0 Å². The SMILES string of the molecule is COc1ccc(C(C)(C)C)cc1-c1n[nH]c(CN)c1Br. The molecule has 5 heteroatoms. The number of aromatic nitrogens is 2. The molecule has 0 amide bonds. The molecule has 0 fully saturated rings. The lowest BCUT2D eigenvalue weighted by atomic mass is 9.85. The molecular weight excluding hydrogens is 318 g/mol. The maximum Gasteiger partial charge on any atom is 0.128 e. The fraction of sp³-hybridized carbons (Fsp3) is 0.400. The van der Waals surface area contributed by atoms with Gasteiger partial charge in [0.15, 0.2) is 0 Å². The Labute approximate surface area is 127 Å². The lowest BCUT2D eigenvalue weighted by Crippen LogP contribution is -2.11. The number of rotatable bonds is 3. The first kappa shape index (κ1) is 15.1. The predicted molar refractivity (Wildman–Crippen MR) is 84.9 cm³/mol. The number of ether oxygens (including phenoxy) is 1. The van der Waals surface area contributed by atoms with E-state index in [0.717, 1.165) is 27.2 Å². The summed E-state index contributed by atoms with van der Waals surface area (Å²) in [5.74, 6) is 0.800. The van der Waals surface area contributed by atoms with Crippen LogP contribution < -0.4 is 10.5 Å². The van der Waals surface area contributed by atoms with Gasteiger partial charge in [0.05, 0.1) is 17.3 Å². The Morgan fingerprint density at radius 3 is 2.55 bits per heavy atom. The molecule has 0 aliphatic heterocycles. The highest BCUT2D eigenvalue weighted by Crippen LogP contribution is 2.37. The van der Waals surface area contributed by atoms with E-state index >= 15 is 0 Å². The van der Waals surface area contributed by atoms with Crippen molar-refractivity contribution in [3.05, 3.63) is 33.9 Å². The van der Waals surface area contributed by atoms with E-state index in [0.29, 0.717) is 6.54 Å². The Bertz CT molecular complexity index is 614. The number of aromatic amines is 1. The third kappa shape index (κ3) is 2.74. The zero-order chi connectivity index (χ0) is 14.9. The number of nitrogens with zero attached hydrogens (tertiary/aromatic N) is 1. The van der Waals surface area contributed by atoms with Gasteiger partial charge in [0.1, 0.15) is 11.4 Å². The lowest BCUT2D eigenvalue weighted by Gasteiger charge is -2.20. The molecule has 2 aromatic rings. The number of nitrogens with one attached hydrogen (secondary N) is 1. The van der Waals surface area contributed by atoms with Crippen molar-refractivity contribution >= 4 is 15.9 Å². The highest BCUT2D eigenvalue weighted by atomic mass is 79.9. The molecule has 0 spiro atoms. The zero-order valence-electron chi connectivity index (χ0n) is 12.2. The minimum Gasteiger partial charge on any atom is -0.496 e. The first-order chi connectivity index (χ1) is 9.38. The molecule has 0 saturated carbocycles. The Balaban J connectivity index is 2.61. The van der Waals surface area contributed by atoms with Crippen LogP contribution in [0, 0.1) is 0 Å². The third-order valence-corrected chi connectivity index (χ3v) is 4.15. The Morgan fingerprint density at radius 2 is 2.05 bits per heavy atom. The number of nitrogens with two attached hydrogens (primary N) is 1. The summed E-state index contributed by atoms with van der Waals surface area (Å²) >= 11 is 3.56. The molecule has 2 rings (SSSR count). The minimum atomic E-state index is 0.0699. The zero-order valence-corrected chi connectivity index (χ0v) is 13.8. The van der Waals surface area contributed by atoms with E-state index in [1.165, 1.54) is 5.56 Å². The van der Waals surface area contributed by atoms with Crippen LogP contribution in [0.2, 0.25) is 0 Å². The molecule has 1 aromatic carbocycles. The highest BCUT2D eigenvalue weighted by molar-refractivity contribution is 9.10. The van der Waals surface area contributed by atoms with Crippen molar-refractivity contribution in [2.75, 3.05) is 7.11 Å². The summed E-state index contributed by atoms with van der Waals surface area (Å²) in [6.45, 7) is 6.96. The summed E-state index contributed by atoms with van der Waals surface area (Å²) in [6, 6.07) is 6.20. The third-order valence-electron chi connectivity index (χ3n) is 3.30. The molecule has 108 valence electrons. The number of H-pyrrole nitrogens is 1. The molecule has 0 radical (unpaired) electrons. The molecule has 0 aliphatic rings. The first-order valence-corrected chi connectivity index (χ1v) is 7.29. The molecule has 3 N–H and O–H groups in total. The van der Waals surface area contributed by atoms with Gasteiger partial charge in [-0.15, -0.1) is 0 Å². The normalized spacial score (nSPS) is 11.7. The van der Waals surface area contributed by atoms with Crippen molar-refractivity contribution in [2.24, 2.45) is 5.73 Å². The monoisotopic (exact) mass is 337 g/mol. The van der Waals surface area contributed by atoms with Gasteiger partial charge in [-0.05, 0) is 39.0 Å². The molecular formula is C15H20BrN3O. The van der Waals surface area contributed by atoms with Crippen molar-refractivity contribution in [2.45, 2.75) is 32.7 Å². The molecule has 0 unspecified atom stereocenters. The van der Waals surface area contributed by atoms with Crippen LogP contribution >= 0.6 is 15.9 Å². The standard InChI is InChI=1S/C15H20BrN3O/c1-15(2,3)9-5-6-12(20-4)10(7-9)14-13(16)11(8-17)18-19-14/h5-7H,8,17H2,1-4H3,(H,18,19). The second kappa shape index (κ2) is 5.58. The van der Waals surface area contributed by atoms with Gasteiger partial charge in [0, 0.05) is 12.1 Å². The average Bonchev–Trinajstić information content (AvgIpc) is 2.78. The molecule has 1 heterocycles. The van der Waals surface area contributed by atoms with Crippen LogP contribution in [0.1, 0.15) is 32.0 Å². The molecule has 1 aromatic heterocycles. The van der Waals surface area contributed by atoms with Crippen molar-refractivity contribution in [1.29, 1.82) is 0 Å². The summed E-state index contributed by atoms with van der Waals surface area (Å²) in [5, 5.41) is 7.31. The summed E-state index contributed by atoms with van der Waals surface area (Å²) in [6.07, 6.45) is 0. The van der Waals surface area contributed by atoms with Crippen molar-refractivity contribution < 1.29 is 4.74 Å². The van der Waals surface area contributed by atoms with Crippen LogP contribution in [0.25, 0.3) is 11.3 Å². The van der Waals surface area contributed by atoms with E-state index in [1.807, 2.05) is 6.07 Å². The van der Waals surface area contributed by atoms with E-state index in [2.05, 4.69) is 59.0 Å². The summed E-state index contributed by atoms with van der Waals surface area (Å²) < 4.78 is 6.35. The minimum absolute atomic E-state index is 0.0699. The number of hydrogen-bond donors (Lipinski definition) is 2. The summed E-state index contributed by atoms with van der Waals surface area (Å²) in [4.78, 5) is 0. The largest absolute Gasteiger partial charge is 0.496 e. The van der Waals surface area contributed by atoms with Crippen molar-refractivity contribution in [3.63, 3.8) is 0 Å². The number of hydrogen-bond acceptors (Lipinski definition) is 3. The maximum absolute atomic E-state index is 5.68. The van der Waals surface area contributed by atoms with Crippen LogP contribution in [-0.4, -0.2) is 17.3 Å². The van der Waals surface area contributed by atoms with Gasteiger partial charge in [0.2, 0.25) is 0 Å². The number of methoxy groups -OCH3 is 1. The van der Waals surface area contributed by atoms with Crippen molar-refractivity contribution in [1.82, 2.24) is 10.2 Å². The Morgan fingerprint density at radius 1 is 1.35 bits per heavy atom. The molecule has 0 bridgehead atoms. The molecule has 4 nitrogen and oxygen atoms in total. The van der Waals surface area contributed by atoms with Crippen LogP contribution in [0.4, 0.5) is 0 Å². The van der Waals surface area contributed by atoms with Crippen molar-refractivity contribution in [3.8, 4) is 17.0 Å². The Kier molecular flexibility index (Phi) is 4.20. The maximum atomic E-state index is 5.68. The van der Waals surface area contributed by atoms with Gasteiger partial charge in [-0.1, -0.05) is 26.8 Å². The van der Waals surface area contributed by atoms with E-state index in [4.69, 9.17) is 10.5 Å². The van der Waals surface area contributed by atoms with Gasteiger partial charge < -0.3 is 10.5 Å². The topological polar surface area (TPSA) is 63.9 Å². The summed E-state index contributed by atoms with van der Waals surface area (Å²) in [5.41, 5.74) is 9.65. The van der Waals surface area contributed by atoms with E-state index in [9.17, 15) is 0 Å². The second-order valence-electron chi connectivity index (χ2n) is 5.73. The van der Waals surface area contributed by atoms with E-state index in [1.54, 1.807) is 7.11 Å². The molecule has 20 heavy (non-hydrogen) atoms. The fourth-order valence-corrected chi connectivity index (χ4v) is 2.59. The lowest BCUT2D eigenvalue weighted by molar-refractivity contribution is 0.415. The van der Waals surface area contributed by atoms with E-state index in [-0.39, 0.29) is 5.41 Å². The van der Waals surface area contributed by atoms with Crippen LogP contribution in [0.3, 0.4) is 0 Å². The van der Waals surface area contributed by atoms with Gasteiger partial charge in [-0.2, -0.15) is 5.10 Å². The molecule has 0 saturated heterocycles. The average molecular weight is 338 g/mol. The van der Waals surface area contributed by atoms with Crippen LogP contribution in [0.15, 0.2) is 22.7 Å². The first-order valence-electron chi connectivity index (χ1n) is 6.50. The quantitative estimate of drug-likeness (QED) is 0.899.